The minimum atomic E-state index is -1.03. The third kappa shape index (κ3) is 3.74. The molecule has 0 amide bonds. The van der Waals surface area contributed by atoms with Gasteiger partial charge in [-0.1, -0.05) is 0 Å². The van der Waals surface area contributed by atoms with Crippen molar-refractivity contribution >= 4 is 39.1 Å². The summed E-state index contributed by atoms with van der Waals surface area (Å²) in [5, 5.41) is 12.1. The zero-order chi connectivity index (χ0) is 13.8. The monoisotopic (exact) mass is 341 g/mol. The van der Waals surface area contributed by atoms with E-state index in [1.165, 1.54) is 11.1 Å². The molecule has 0 radical (unpaired) electrons. The fourth-order valence-corrected chi connectivity index (χ4v) is 3.03. The van der Waals surface area contributed by atoms with Crippen molar-refractivity contribution in [2.24, 2.45) is 0 Å². The van der Waals surface area contributed by atoms with Gasteiger partial charge < -0.3 is 10.4 Å². The number of rotatable bonds is 5. The van der Waals surface area contributed by atoms with Gasteiger partial charge in [0.05, 0.1) is 3.79 Å². The first kappa shape index (κ1) is 14.0. The van der Waals surface area contributed by atoms with Crippen LogP contribution in [0.1, 0.15) is 21.1 Å². The Morgan fingerprint density at radius 1 is 1.53 bits per heavy atom. The molecule has 19 heavy (non-hydrogen) atoms. The van der Waals surface area contributed by atoms with Crippen LogP contribution in [0, 0.1) is 6.92 Å². The SMILES string of the molecule is Cc1ncc(C(=O)O)c(NCCc2ccc(Br)s2)n1. The van der Waals surface area contributed by atoms with E-state index >= 15 is 0 Å². The van der Waals surface area contributed by atoms with Crippen LogP contribution in [-0.4, -0.2) is 27.6 Å². The second kappa shape index (κ2) is 6.12. The van der Waals surface area contributed by atoms with Gasteiger partial charge in [0.15, 0.2) is 0 Å². The van der Waals surface area contributed by atoms with Gasteiger partial charge in [0.25, 0.3) is 0 Å². The summed E-state index contributed by atoms with van der Waals surface area (Å²) in [5.41, 5.74) is 0.0953. The first-order valence-electron chi connectivity index (χ1n) is 5.61. The van der Waals surface area contributed by atoms with Crippen molar-refractivity contribution < 1.29 is 9.90 Å². The number of thiophene rings is 1. The third-order valence-electron chi connectivity index (χ3n) is 2.43. The Morgan fingerprint density at radius 3 is 2.95 bits per heavy atom. The van der Waals surface area contributed by atoms with Crippen LogP contribution < -0.4 is 5.32 Å². The van der Waals surface area contributed by atoms with Crippen LogP contribution in [-0.2, 0) is 6.42 Å². The summed E-state index contributed by atoms with van der Waals surface area (Å²) in [7, 11) is 0. The van der Waals surface area contributed by atoms with Crippen molar-refractivity contribution in [3.05, 3.63) is 38.4 Å². The van der Waals surface area contributed by atoms with E-state index in [0.29, 0.717) is 18.2 Å². The van der Waals surface area contributed by atoms with E-state index in [-0.39, 0.29) is 5.56 Å². The van der Waals surface area contributed by atoms with Crippen molar-refractivity contribution in [1.82, 2.24) is 9.97 Å². The smallest absolute Gasteiger partial charge is 0.341 e. The van der Waals surface area contributed by atoms with Crippen LogP contribution in [0.25, 0.3) is 0 Å². The second-order valence-electron chi connectivity index (χ2n) is 3.87. The lowest BCUT2D eigenvalue weighted by molar-refractivity contribution is 0.0697. The molecule has 2 aromatic rings. The average Bonchev–Trinajstić information content (AvgIpc) is 2.75. The lowest BCUT2D eigenvalue weighted by Crippen LogP contribution is -2.12. The quantitative estimate of drug-likeness (QED) is 0.874. The number of nitrogens with one attached hydrogen (secondary N) is 1. The molecule has 2 rings (SSSR count). The lowest BCUT2D eigenvalue weighted by Gasteiger charge is -2.08. The summed E-state index contributed by atoms with van der Waals surface area (Å²) in [6, 6.07) is 4.04. The Kier molecular flexibility index (Phi) is 4.49. The molecule has 0 bridgehead atoms. The highest BCUT2D eigenvalue weighted by atomic mass is 79.9. The number of aromatic carboxylic acids is 1. The molecule has 0 saturated heterocycles. The maximum absolute atomic E-state index is 11.0. The number of carbonyl (C=O) groups is 1. The van der Waals surface area contributed by atoms with Gasteiger partial charge in [-0.2, -0.15) is 0 Å². The Bertz CT molecular complexity index is 600. The van der Waals surface area contributed by atoms with Crippen molar-refractivity contribution in [3.63, 3.8) is 0 Å². The van der Waals surface area contributed by atoms with Crippen LogP contribution in [0.15, 0.2) is 22.1 Å². The van der Waals surface area contributed by atoms with E-state index in [4.69, 9.17) is 5.11 Å². The molecule has 2 aromatic heterocycles. The number of aromatic nitrogens is 2. The molecule has 0 aliphatic heterocycles. The topological polar surface area (TPSA) is 75.1 Å². The fourth-order valence-electron chi connectivity index (χ4n) is 1.55. The van der Waals surface area contributed by atoms with E-state index < -0.39 is 5.97 Å². The van der Waals surface area contributed by atoms with Gasteiger partial charge in [-0.25, -0.2) is 14.8 Å². The number of carboxylic acid groups (broad SMARTS) is 1. The van der Waals surface area contributed by atoms with Gasteiger partial charge in [-0.05, 0) is 41.4 Å². The highest BCUT2D eigenvalue weighted by Crippen LogP contribution is 2.22. The molecule has 0 unspecified atom stereocenters. The molecule has 0 saturated carbocycles. The van der Waals surface area contributed by atoms with Crippen molar-refractivity contribution in [1.29, 1.82) is 0 Å². The van der Waals surface area contributed by atoms with E-state index in [9.17, 15) is 4.79 Å². The molecular weight excluding hydrogens is 330 g/mol. The molecular formula is C12H12BrN3O2S. The molecule has 5 nitrogen and oxygen atoms in total. The first-order valence-corrected chi connectivity index (χ1v) is 7.22. The Hall–Kier alpha value is -1.47. The lowest BCUT2D eigenvalue weighted by atomic mass is 10.3. The molecule has 0 aliphatic carbocycles. The minimum absolute atomic E-state index is 0.0953. The Balaban J connectivity index is 2.02. The fraction of sp³-hybridized carbons (Fsp3) is 0.250. The highest BCUT2D eigenvalue weighted by Gasteiger charge is 2.12. The van der Waals surface area contributed by atoms with Gasteiger partial charge in [-0.3, -0.25) is 0 Å². The van der Waals surface area contributed by atoms with Gasteiger partial charge in [0, 0.05) is 17.6 Å². The maximum atomic E-state index is 11.0. The van der Waals surface area contributed by atoms with Crippen molar-refractivity contribution in [2.45, 2.75) is 13.3 Å². The number of carboxylic acids is 1. The molecule has 0 fully saturated rings. The number of aryl methyl sites for hydroxylation is 1. The first-order chi connectivity index (χ1) is 9.06. The third-order valence-corrected chi connectivity index (χ3v) is 4.12. The maximum Gasteiger partial charge on any atom is 0.341 e. The second-order valence-corrected chi connectivity index (χ2v) is 6.41. The van der Waals surface area contributed by atoms with E-state index in [0.717, 1.165) is 10.2 Å². The molecule has 2 heterocycles. The summed E-state index contributed by atoms with van der Waals surface area (Å²) in [6.45, 7) is 2.36. The van der Waals surface area contributed by atoms with Gasteiger partial charge in [0.2, 0.25) is 0 Å². The van der Waals surface area contributed by atoms with Crippen molar-refractivity contribution in [3.8, 4) is 0 Å². The summed E-state index contributed by atoms with van der Waals surface area (Å²) in [4.78, 5) is 20.3. The summed E-state index contributed by atoms with van der Waals surface area (Å²) in [5.74, 6) is -0.108. The van der Waals surface area contributed by atoms with Gasteiger partial charge in [-0.15, -0.1) is 11.3 Å². The number of anilines is 1. The van der Waals surface area contributed by atoms with Crippen molar-refractivity contribution in [2.75, 3.05) is 11.9 Å². The number of halogens is 1. The standard InChI is InChI=1S/C12H12BrN3O2S/c1-7-15-6-9(12(17)18)11(16-7)14-5-4-8-2-3-10(13)19-8/h2-3,6H,4-5H2,1H3,(H,17,18)(H,14,15,16). The zero-order valence-corrected chi connectivity index (χ0v) is 12.6. The largest absolute Gasteiger partial charge is 0.477 e. The van der Waals surface area contributed by atoms with E-state index in [2.05, 4.69) is 31.2 Å². The molecule has 100 valence electrons. The predicted octanol–water partition coefficient (Wildman–Crippen LogP) is 2.96. The number of hydrogen-bond donors (Lipinski definition) is 2. The highest BCUT2D eigenvalue weighted by molar-refractivity contribution is 9.11. The predicted molar refractivity (Wildman–Crippen MR) is 77.9 cm³/mol. The number of nitrogens with zero attached hydrogens (tertiary/aromatic N) is 2. The molecule has 0 atom stereocenters. The van der Waals surface area contributed by atoms with Crippen LogP contribution >= 0.6 is 27.3 Å². The van der Waals surface area contributed by atoms with Crippen LogP contribution in [0.5, 0.6) is 0 Å². The molecule has 0 aromatic carbocycles. The average molecular weight is 342 g/mol. The summed E-state index contributed by atoms with van der Waals surface area (Å²) < 4.78 is 1.09. The molecule has 0 spiro atoms. The van der Waals surface area contributed by atoms with Crippen LogP contribution in [0.4, 0.5) is 5.82 Å². The zero-order valence-electron chi connectivity index (χ0n) is 10.2. The van der Waals surface area contributed by atoms with E-state index in [1.54, 1.807) is 18.3 Å². The van der Waals surface area contributed by atoms with Crippen LogP contribution in [0.3, 0.4) is 0 Å². The van der Waals surface area contributed by atoms with E-state index in [1.807, 2.05) is 12.1 Å². The van der Waals surface area contributed by atoms with Crippen LogP contribution in [0.2, 0.25) is 0 Å². The summed E-state index contributed by atoms with van der Waals surface area (Å²) >= 11 is 5.07. The Morgan fingerprint density at radius 2 is 2.32 bits per heavy atom. The van der Waals surface area contributed by atoms with Gasteiger partial charge >= 0.3 is 5.97 Å². The molecule has 0 aliphatic rings. The minimum Gasteiger partial charge on any atom is -0.477 e. The normalized spacial score (nSPS) is 10.4. The Labute approximate surface area is 122 Å². The van der Waals surface area contributed by atoms with Gasteiger partial charge in [0.1, 0.15) is 17.2 Å². The number of hydrogen-bond acceptors (Lipinski definition) is 5. The molecule has 2 N–H and O–H groups in total. The summed E-state index contributed by atoms with van der Waals surface area (Å²) in [6.07, 6.45) is 2.15. The molecule has 7 heteroatoms.